The van der Waals surface area contributed by atoms with Crippen LogP contribution in [-0.2, 0) is 17.8 Å². The SMILES string of the molecule is O=C1N(CCc2ccccc2)CCC[C@@]1(O)CNCc1ccncn1. The number of hydrogen-bond acceptors (Lipinski definition) is 5. The molecular weight excluding hydrogens is 316 g/mol. The van der Waals surface area contributed by atoms with Crippen LogP contribution in [0.5, 0.6) is 0 Å². The van der Waals surface area contributed by atoms with E-state index in [0.717, 1.165) is 18.5 Å². The van der Waals surface area contributed by atoms with Gasteiger partial charge in [-0.3, -0.25) is 4.79 Å². The molecule has 0 radical (unpaired) electrons. The Bertz CT molecular complexity index is 680. The first-order valence-electron chi connectivity index (χ1n) is 8.69. The van der Waals surface area contributed by atoms with Crippen molar-refractivity contribution in [2.24, 2.45) is 0 Å². The number of amides is 1. The summed E-state index contributed by atoms with van der Waals surface area (Å²) in [6.07, 6.45) is 5.27. The fourth-order valence-electron chi connectivity index (χ4n) is 3.17. The minimum absolute atomic E-state index is 0.176. The van der Waals surface area contributed by atoms with E-state index in [4.69, 9.17) is 0 Å². The van der Waals surface area contributed by atoms with Gasteiger partial charge in [0.15, 0.2) is 5.60 Å². The van der Waals surface area contributed by atoms with Crippen LogP contribution in [0.25, 0.3) is 0 Å². The molecule has 1 amide bonds. The molecule has 0 aliphatic carbocycles. The van der Waals surface area contributed by atoms with Crippen molar-refractivity contribution in [3.05, 3.63) is 60.2 Å². The second-order valence-electron chi connectivity index (χ2n) is 6.47. The van der Waals surface area contributed by atoms with E-state index in [9.17, 15) is 9.90 Å². The maximum absolute atomic E-state index is 12.7. The highest BCUT2D eigenvalue weighted by molar-refractivity contribution is 5.86. The number of rotatable bonds is 7. The molecule has 0 bridgehead atoms. The van der Waals surface area contributed by atoms with Crippen molar-refractivity contribution in [1.29, 1.82) is 0 Å². The highest BCUT2D eigenvalue weighted by Gasteiger charge is 2.41. The Morgan fingerprint density at radius 2 is 2.08 bits per heavy atom. The second-order valence-corrected chi connectivity index (χ2v) is 6.47. The maximum Gasteiger partial charge on any atom is 0.255 e. The number of carbonyl (C=O) groups excluding carboxylic acids is 1. The van der Waals surface area contributed by atoms with Gasteiger partial charge in [0.05, 0.1) is 5.69 Å². The van der Waals surface area contributed by atoms with Gasteiger partial charge >= 0.3 is 0 Å². The molecule has 2 heterocycles. The second kappa shape index (κ2) is 8.18. The van der Waals surface area contributed by atoms with E-state index in [1.807, 2.05) is 24.3 Å². The fourth-order valence-corrected chi connectivity index (χ4v) is 3.17. The zero-order chi connectivity index (χ0) is 17.5. The molecule has 1 atom stereocenters. The van der Waals surface area contributed by atoms with Crippen LogP contribution in [0, 0.1) is 0 Å². The van der Waals surface area contributed by atoms with E-state index in [2.05, 4.69) is 27.4 Å². The lowest BCUT2D eigenvalue weighted by atomic mass is 9.91. The van der Waals surface area contributed by atoms with Crippen molar-refractivity contribution < 1.29 is 9.90 Å². The highest BCUT2D eigenvalue weighted by Crippen LogP contribution is 2.22. The van der Waals surface area contributed by atoms with Gasteiger partial charge in [0.1, 0.15) is 6.33 Å². The number of piperidine rings is 1. The van der Waals surface area contributed by atoms with E-state index in [1.54, 1.807) is 11.1 Å². The molecule has 0 unspecified atom stereocenters. The monoisotopic (exact) mass is 340 g/mol. The molecule has 25 heavy (non-hydrogen) atoms. The number of nitrogens with one attached hydrogen (secondary N) is 1. The molecule has 1 aromatic heterocycles. The van der Waals surface area contributed by atoms with Crippen LogP contribution < -0.4 is 5.32 Å². The molecule has 132 valence electrons. The summed E-state index contributed by atoms with van der Waals surface area (Å²) in [7, 11) is 0. The standard InChI is InChI=1S/C19H24N4O2/c24-18-19(25,14-21-13-17-7-10-20-15-22-17)9-4-11-23(18)12-8-16-5-2-1-3-6-16/h1-3,5-7,10,15,21,25H,4,8-9,11-14H2/t19-/m1/s1. The van der Waals surface area contributed by atoms with Gasteiger partial charge in [-0.1, -0.05) is 30.3 Å². The van der Waals surface area contributed by atoms with E-state index >= 15 is 0 Å². The minimum atomic E-state index is -1.33. The lowest BCUT2D eigenvalue weighted by Crippen LogP contribution is -2.58. The average Bonchev–Trinajstić information content (AvgIpc) is 2.65. The Morgan fingerprint density at radius 3 is 2.84 bits per heavy atom. The summed E-state index contributed by atoms with van der Waals surface area (Å²) in [5.74, 6) is -0.176. The van der Waals surface area contributed by atoms with Gasteiger partial charge in [-0.25, -0.2) is 9.97 Å². The molecule has 6 nitrogen and oxygen atoms in total. The van der Waals surface area contributed by atoms with Gasteiger partial charge in [0.2, 0.25) is 0 Å². The van der Waals surface area contributed by atoms with Gasteiger partial charge < -0.3 is 15.3 Å². The molecule has 6 heteroatoms. The summed E-state index contributed by atoms with van der Waals surface area (Å²) in [5, 5.41) is 13.9. The minimum Gasteiger partial charge on any atom is -0.379 e. The molecule has 1 aliphatic heterocycles. The summed E-state index contributed by atoms with van der Waals surface area (Å²) in [4.78, 5) is 22.5. The van der Waals surface area contributed by atoms with Crippen LogP contribution in [-0.4, -0.2) is 51.1 Å². The summed E-state index contributed by atoms with van der Waals surface area (Å²) < 4.78 is 0. The van der Waals surface area contributed by atoms with Crippen LogP contribution in [0.4, 0.5) is 0 Å². The largest absolute Gasteiger partial charge is 0.379 e. The van der Waals surface area contributed by atoms with E-state index in [0.29, 0.717) is 26.1 Å². The van der Waals surface area contributed by atoms with Gasteiger partial charge in [-0.05, 0) is 30.9 Å². The quantitative estimate of drug-likeness (QED) is 0.791. The van der Waals surface area contributed by atoms with Crippen molar-refractivity contribution in [3.63, 3.8) is 0 Å². The smallest absolute Gasteiger partial charge is 0.255 e. The average molecular weight is 340 g/mol. The normalized spacial score (nSPS) is 20.7. The molecule has 1 aromatic carbocycles. The van der Waals surface area contributed by atoms with Crippen LogP contribution in [0.3, 0.4) is 0 Å². The molecule has 2 N–H and O–H groups in total. The maximum atomic E-state index is 12.7. The fraction of sp³-hybridized carbons (Fsp3) is 0.421. The number of aliphatic hydroxyl groups is 1. The van der Waals surface area contributed by atoms with Crippen molar-refractivity contribution in [2.45, 2.75) is 31.4 Å². The van der Waals surface area contributed by atoms with Crippen molar-refractivity contribution in [1.82, 2.24) is 20.2 Å². The van der Waals surface area contributed by atoms with Crippen LogP contribution in [0.1, 0.15) is 24.1 Å². The Hall–Kier alpha value is -2.31. The predicted octanol–water partition coefficient (Wildman–Crippen LogP) is 1.16. The van der Waals surface area contributed by atoms with Crippen molar-refractivity contribution >= 4 is 5.91 Å². The zero-order valence-corrected chi connectivity index (χ0v) is 14.3. The third kappa shape index (κ3) is 4.61. The van der Waals surface area contributed by atoms with Gasteiger partial charge in [0, 0.05) is 32.4 Å². The van der Waals surface area contributed by atoms with E-state index in [-0.39, 0.29) is 12.5 Å². The molecule has 0 saturated carbocycles. The third-order valence-electron chi connectivity index (χ3n) is 4.58. The lowest BCUT2D eigenvalue weighted by molar-refractivity contribution is -0.156. The Balaban J connectivity index is 1.53. The van der Waals surface area contributed by atoms with Gasteiger partial charge in [0.25, 0.3) is 5.91 Å². The number of benzene rings is 1. The summed E-state index contributed by atoms with van der Waals surface area (Å²) in [6.45, 7) is 2.08. The molecule has 3 rings (SSSR count). The topological polar surface area (TPSA) is 78.4 Å². The summed E-state index contributed by atoms with van der Waals surface area (Å²) in [5.41, 5.74) is 0.705. The first-order chi connectivity index (χ1) is 12.2. The van der Waals surface area contributed by atoms with E-state index in [1.165, 1.54) is 11.9 Å². The van der Waals surface area contributed by atoms with Gasteiger partial charge in [-0.2, -0.15) is 0 Å². The van der Waals surface area contributed by atoms with Gasteiger partial charge in [-0.15, -0.1) is 0 Å². The molecule has 0 spiro atoms. The number of carbonyl (C=O) groups is 1. The third-order valence-corrected chi connectivity index (χ3v) is 4.58. The van der Waals surface area contributed by atoms with Crippen molar-refractivity contribution in [3.8, 4) is 0 Å². The first kappa shape index (κ1) is 17.5. The Labute approximate surface area is 147 Å². The van der Waals surface area contributed by atoms with Crippen LogP contribution >= 0.6 is 0 Å². The molecule has 1 fully saturated rings. The number of nitrogens with zero attached hydrogens (tertiary/aromatic N) is 3. The van der Waals surface area contributed by atoms with Crippen molar-refractivity contribution in [2.75, 3.05) is 19.6 Å². The van der Waals surface area contributed by atoms with Crippen LogP contribution in [0.15, 0.2) is 48.9 Å². The molecule has 2 aromatic rings. The summed E-state index contributed by atoms with van der Waals surface area (Å²) >= 11 is 0. The highest BCUT2D eigenvalue weighted by atomic mass is 16.3. The predicted molar refractivity (Wildman–Crippen MR) is 94.6 cm³/mol. The van der Waals surface area contributed by atoms with Crippen LogP contribution in [0.2, 0.25) is 0 Å². The number of aromatic nitrogens is 2. The summed E-state index contributed by atoms with van der Waals surface area (Å²) in [6, 6.07) is 11.9. The van der Waals surface area contributed by atoms with E-state index < -0.39 is 5.60 Å². The Kier molecular flexibility index (Phi) is 5.73. The first-order valence-corrected chi connectivity index (χ1v) is 8.69. The zero-order valence-electron chi connectivity index (χ0n) is 14.3. The number of likely N-dealkylation sites (tertiary alicyclic amines) is 1. The lowest BCUT2D eigenvalue weighted by Gasteiger charge is -2.38. The molecule has 1 aliphatic rings. The molecule has 1 saturated heterocycles. The number of hydrogen-bond donors (Lipinski definition) is 2. The Morgan fingerprint density at radius 1 is 1.24 bits per heavy atom. The molecular formula is C19H24N4O2.